The van der Waals surface area contributed by atoms with E-state index in [-0.39, 0.29) is 7.43 Å². The van der Waals surface area contributed by atoms with E-state index in [1.807, 2.05) is 0 Å². The number of allylic oxidation sites excluding steroid dienone is 4. The molecule has 0 aromatic rings. The molecule has 3 aliphatic carbocycles. The Morgan fingerprint density at radius 3 is 1.95 bits per heavy atom. The maximum atomic E-state index is 2.59. The van der Waals surface area contributed by atoms with Crippen LogP contribution in [0.2, 0.25) is 0 Å². The number of rotatable bonds is 4. The molecule has 0 aliphatic heterocycles. The van der Waals surface area contributed by atoms with Gasteiger partial charge >= 0.3 is 0 Å². The van der Waals surface area contributed by atoms with Crippen LogP contribution in [0.15, 0.2) is 24.3 Å². The monoisotopic (exact) mass is 301 g/mol. The molecule has 0 spiro atoms. The molecule has 0 amide bonds. The maximum Gasteiger partial charge on any atom is 0.00497 e. The highest BCUT2D eigenvalue weighted by molar-refractivity contribution is 5.26. The molecule has 2 fully saturated rings. The first kappa shape index (κ1) is 17.8. The van der Waals surface area contributed by atoms with Crippen LogP contribution in [-0.2, 0) is 0 Å². The van der Waals surface area contributed by atoms with E-state index in [1.165, 1.54) is 70.6 Å². The summed E-state index contributed by atoms with van der Waals surface area (Å²) in [4.78, 5) is 0. The van der Waals surface area contributed by atoms with Gasteiger partial charge in [0.1, 0.15) is 0 Å². The standard InChI is InChI=1S/C21H33.CH4/c1-17(18-11-5-2-6-12-18)21(19-13-7-3-8-14-19)20-15-9-4-10-16-20;/h3,7-8,13,17-18,20-21H,2,4-6,9-12,14-16H2,1H3;1H4. The predicted octanol–water partition coefficient (Wildman–Crippen LogP) is 7.13. The van der Waals surface area contributed by atoms with E-state index in [4.69, 9.17) is 0 Å². The van der Waals surface area contributed by atoms with E-state index < -0.39 is 0 Å². The highest BCUT2D eigenvalue weighted by Gasteiger charge is 2.37. The van der Waals surface area contributed by atoms with Gasteiger partial charge in [0.05, 0.1) is 0 Å². The van der Waals surface area contributed by atoms with Crippen LogP contribution >= 0.6 is 0 Å². The van der Waals surface area contributed by atoms with Gasteiger partial charge < -0.3 is 0 Å². The van der Waals surface area contributed by atoms with Crippen molar-refractivity contribution in [1.82, 2.24) is 0 Å². The highest BCUT2D eigenvalue weighted by atomic mass is 14.4. The lowest BCUT2D eigenvalue weighted by Gasteiger charge is -2.42. The molecule has 125 valence electrons. The van der Waals surface area contributed by atoms with Gasteiger partial charge in [-0.2, -0.15) is 0 Å². The summed E-state index contributed by atoms with van der Waals surface area (Å²) < 4.78 is 0. The van der Waals surface area contributed by atoms with E-state index in [0.717, 1.165) is 23.7 Å². The van der Waals surface area contributed by atoms with Crippen LogP contribution in [0.5, 0.6) is 0 Å². The Bertz CT molecular complexity index is 352. The lowest BCUT2D eigenvalue weighted by Crippen LogP contribution is -2.34. The molecule has 3 aliphatic rings. The molecule has 0 nitrogen and oxygen atoms in total. The predicted molar refractivity (Wildman–Crippen MR) is 98.7 cm³/mol. The third-order valence-corrected chi connectivity index (χ3v) is 6.46. The second-order valence-corrected chi connectivity index (χ2v) is 7.75. The van der Waals surface area contributed by atoms with Gasteiger partial charge in [0.25, 0.3) is 0 Å². The topological polar surface area (TPSA) is 0 Å². The van der Waals surface area contributed by atoms with Crippen molar-refractivity contribution in [3.8, 4) is 0 Å². The Morgan fingerprint density at radius 2 is 1.41 bits per heavy atom. The molecule has 0 bridgehead atoms. The maximum absolute atomic E-state index is 2.59. The molecule has 0 heteroatoms. The normalized spacial score (nSPS) is 27.3. The van der Waals surface area contributed by atoms with E-state index in [1.54, 1.807) is 5.92 Å². The summed E-state index contributed by atoms with van der Waals surface area (Å²) in [6.45, 7) is 2.59. The van der Waals surface area contributed by atoms with Gasteiger partial charge in [-0.05, 0) is 30.1 Å². The van der Waals surface area contributed by atoms with Crippen molar-refractivity contribution in [3.05, 3.63) is 30.2 Å². The Hall–Kier alpha value is -0.520. The minimum absolute atomic E-state index is 0. The van der Waals surface area contributed by atoms with Crippen LogP contribution < -0.4 is 0 Å². The van der Waals surface area contributed by atoms with Crippen molar-refractivity contribution in [2.75, 3.05) is 0 Å². The first-order valence-electron chi connectivity index (χ1n) is 9.55. The summed E-state index contributed by atoms with van der Waals surface area (Å²) in [6.07, 6.45) is 25.4. The quantitative estimate of drug-likeness (QED) is 0.518. The first-order valence-corrected chi connectivity index (χ1v) is 9.55. The van der Waals surface area contributed by atoms with Crippen LogP contribution in [0.3, 0.4) is 0 Å². The number of hydrogen-bond acceptors (Lipinski definition) is 0. The van der Waals surface area contributed by atoms with Gasteiger partial charge in [0.2, 0.25) is 0 Å². The molecule has 0 aromatic heterocycles. The van der Waals surface area contributed by atoms with Crippen LogP contribution in [0.25, 0.3) is 0 Å². The van der Waals surface area contributed by atoms with Gasteiger partial charge in [-0.25, -0.2) is 0 Å². The average molecular weight is 302 g/mol. The van der Waals surface area contributed by atoms with E-state index >= 15 is 0 Å². The van der Waals surface area contributed by atoms with Crippen LogP contribution in [0.4, 0.5) is 0 Å². The fraction of sp³-hybridized carbons (Fsp3) is 0.773. The molecule has 0 saturated heterocycles. The Balaban J connectivity index is 0.00000176. The minimum Gasteiger partial charge on any atom is -0.0836 e. The molecule has 22 heavy (non-hydrogen) atoms. The van der Waals surface area contributed by atoms with Crippen molar-refractivity contribution in [2.24, 2.45) is 23.7 Å². The van der Waals surface area contributed by atoms with Crippen LogP contribution in [0, 0.1) is 29.6 Å². The molecule has 0 heterocycles. The zero-order valence-corrected chi connectivity index (χ0v) is 13.9. The van der Waals surface area contributed by atoms with Gasteiger partial charge in [-0.15, -0.1) is 0 Å². The molecule has 2 saturated carbocycles. The van der Waals surface area contributed by atoms with Crippen LogP contribution in [-0.4, -0.2) is 0 Å². The highest BCUT2D eigenvalue weighted by Crippen LogP contribution is 2.46. The SMILES string of the molecule is C.CC(C1CCCCC1)C([C]1C=CC=CC1)C1CCCCC1. The van der Waals surface area contributed by atoms with Gasteiger partial charge in [-0.1, -0.05) is 103 Å². The Morgan fingerprint density at radius 1 is 0.818 bits per heavy atom. The molecule has 2 unspecified atom stereocenters. The van der Waals surface area contributed by atoms with Crippen LogP contribution in [0.1, 0.15) is 85.0 Å². The van der Waals surface area contributed by atoms with E-state index in [2.05, 4.69) is 31.2 Å². The van der Waals surface area contributed by atoms with E-state index in [9.17, 15) is 0 Å². The van der Waals surface area contributed by atoms with Crippen molar-refractivity contribution < 1.29 is 0 Å². The van der Waals surface area contributed by atoms with Crippen molar-refractivity contribution in [1.29, 1.82) is 0 Å². The summed E-state index contributed by atoms with van der Waals surface area (Å²) >= 11 is 0. The zero-order valence-electron chi connectivity index (χ0n) is 13.9. The molecule has 0 N–H and O–H groups in total. The molecule has 1 radical (unpaired) electrons. The van der Waals surface area contributed by atoms with E-state index in [0.29, 0.717) is 0 Å². The van der Waals surface area contributed by atoms with Crippen molar-refractivity contribution in [3.63, 3.8) is 0 Å². The van der Waals surface area contributed by atoms with Gasteiger partial charge in [0.15, 0.2) is 0 Å². The molecular formula is C22H37. The Kier molecular flexibility index (Phi) is 7.25. The zero-order chi connectivity index (χ0) is 14.5. The molecule has 2 atom stereocenters. The number of hydrogen-bond donors (Lipinski definition) is 0. The smallest absolute Gasteiger partial charge is 0.00497 e. The lowest BCUT2D eigenvalue weighted by molar-refractivity contribution is 0.131. The average Bonchev–Trinajstić information content (AvgIpc) is 2.58. The summed E-state index contributed by atoms with van der Waals surface area (Å²) in [5.74, 6) is 5.50. The first-order chi connectivity index (χ1) is 10.4. The minimum atomic E-state index is 0. The second kappa shape index (κ2) is 8.94. The molecule has 0 aromatic carbocycles. The fourth-order valence-electron chi connectivity index (χ4n) is 5.29. The largest absolute Gasteiger partial charge is 0.0836 e. The second-order valence-electron chi connectivity index (χ2n) is 7.75. The lowest BCUT2D eigenvalue weighted by atomic mass is 9.62. The summed E-state index contributed by atoms with van der Waals surface area (Å²) in [7, 11) is 0. The third kappa shape index (κ3) is 4.27. The van der Waals surface area contributed by atoms with Crippen molar-refractivity contribution >= 4 is 0 Å². The van der Waals surface area contributed by atoms with Gasteiger partial charge in [-0.3, -0.25) is 0 Å². The fourth-order valence-corrected chi connectivity index (χ4v) is 5.29. The summed E-state index contributed by atoms with van der Waals surface area (Å²) in [5, 5.41) is 0. The van der Waals surface area contributed by atoms with Crippen molar-refractivity contribution in [2.45, 2.75) is 85.0 Å². The molecular weight excluding hydrogens is 264 g/mol. The Labute approximate surface area is 139 Å². The third-order valence-electron chi connectivity index (χ3n) is 6.46. The molecule has 3 rings (SSSR count). The van der Waals surface area contributed by atoms with Gasteiger partial charge in [0, 0.05) is 5.92 Å². The summed E-state index contributed by atoms with van der Waals surface area (Å²) in [6, 6.07) is 0. The summed E-state index contributed by atoms with van der Waals surface area (Å²) in [5.41, 5.74) is 0.